The Labute approximate surface area is 281 Å². The van der Waals surface area contributed by atoms with Gasteiger partial charge in [0.2, 0.25) is 0 Å². The summed E-state index contributed by atoms with van der Waals surface area (Å²) in [6, 6.07) is 61.2. The van der Waals surface area contributed by atoms with Crippen LogP contribution in [0.2, 0.25) is 0 Å². The third-order valence-electron chi connectivity index (χ3n) is 11.0. The van der Waals surface area contributed by atoms with Gasteiger partial charge in [-0.2, -0.15) is 0 Å². The van der Waals surface area contributed by atoms with Crippen LogP contribution in [0.25, 0.3) is 43.8 Å². The van der Waals surface area contributed by atoms with Gasteiger partial charge < -0.3 is 4.90 Å². The first-order valence-electron chi connectivity index (χ1n) is 16.9. The number of fused-ring (bicyclic) bond motifs is 14. The Bertz CT molecular complexity index is 2550. The van der Waals surface area contributed by atoms with Gasteiger partial charge in [0, 0.05) is 16.8 Å². The molecule has 0 unspecified atom stereocenters. The first kappa shape index (κ1) is 27.2. The molecule has 1 heteroatoms. The second kappa shape index (κ2) is 10.0. The molecule has 0 atom stereocenters. The van der Waals surface area contributed by atoms with E-state index < -0.39 is 5.41 Å². The van der Waals surface area contributed by atoms with Crippen LogP contribution in [0.4, 0.5) is 17.1 Å². The topological polar surface area (TPSA) is 3.24 Å². The van der Waals surface area contributed by atoms with Gasteiger partial charge in [-0.25, -0.2) is 0 Å². The number of anilines is 3. The van der Waals surface area contributed by atoms with Crippen molar-refractivity contribution in [2.45, 2.75) is 19.3 Å². The lowest BCUT2D eigenvalue weighted by molar-refractivity contribution is 0.802. The molecule has 0 saturated carbocycles. The molecule has 0 aliphatic heterocycles. The third-order valence-corrected chi connectivity index (χ3v) is 11.0. The van der Waals surface area contributed by atoms with Crippen LogP contribution in [0.3, 0.4) is 0 Å². The molecule has 2 aliphatic rings. The molecule has 48 heavy (non-hydrogen) atoms. The van der Waals surface area contributed by atoms with E-state index in [1.807, 2.05) is 0 Å². The Morgan fingerprint density at radius 1 is 0.417 bits per heavy atom. The molecule has 10 rings (SSSR count). The predicted molar refractivity (Wildman–Crippen MR) is 202 cm³/mol. The highest BCUT2D eigenvalue weighted by atomic mass is 15.1. The zero-order valence-corrected chi connectivity index (χ0v) is 27.0. The Morgan fingerprint density at radius 3 is 1.77 bits per heavy atom. The Kier molecular flexibility index (Phi) is 5.69. The molecule has 0 saturated heterocycles. The number of nitrogens with zero attached hydrogens (tertiary/aromatic N) is 1. The van der Waals surface area contributed by atoms with Crippen LogP contribution in [-0.4, -0.2) is 0 Å². The third kappa shape index (κ3) is 3.51. The van der Waals surface area contributed by atoms with Crippen molar-refractivity contribution in [2.24, 2.45) is 0 Å². The second-order valence-electron chi connectivity index (χ2n) is 13.4. The van der Waals surface area contributed by atoms with Crippen molar-refractivity contribution < 1.29 is 0 Å². The molecule has 0 amide bonds. The first-order chi connectivity index (χ1) is 23.7. The number of hydrogen-bond donors (Lipinski definition) is 0. The van der Waals surface area contributed by atoms with Crippen LogP contribution in [0.15, 0.2) is 164 Å². The molecule has 8 aromatic rings. The first-order valence-corrected chi connectivity index (χ1v) is 16.9. The molecule has 226 valence electrons. The fourth-order valence-electron chi connectivity index (χ4n) is 8.81. The van der Waals surface area contributed by atoms with Gasteiger partial charge in [0.05, 0.1) is 11.1 Å². The Hall–Kier alpha value is -5.92. The van der Waals surface area contributed by atoms with Gasteiger partial charge >= 0.3 is 0 Å². The Balaban J connectivity index is 1.41. The molecule has 8 aromatic carbocycles. The van der Waals surface area contributed by atoms with Gasteiger partial charge in [-0.3, -0.25) is 0 Å². The minimum Gasteiger partial charge on any atom is -0.310 e. The fourth-order valence-corrected chi connectivity index (χ4v) is 8.81. The van der Waals surface area contributed by atoms with Crippen LogP contribution in [-0.2, 0) is 5.41 Å². The molecule has 0 heterocycles. The lowest BCUT2D eigenvalue weighted by atomic mass is 9.69. The number of aryl methyl sites for hydroxylation is 2. The van der Waals surface area contributed by atoms with Crippen LogP contribution in [0.1, 0.15) is 33.4 Å². The van der Waals surface area contributed by atoms with E-state index in [-0.39, 0.29) is 0 Å². The van der Waals surface area contributed by atoms with Gasteiger partial charge in [0.15, 0.2) is 0 Å². The van der Waals surface area contributed by atoms with Crippen molar-refractivity contribution in [3.8, 4) is 22.3 Å². The molecule has 0 fully saturated rings. The lowest BCUT2D eigenvalue weighted by Crippen LogP contribution is -2.26. The van der Waals surface area contributed by atoms with Gasteiger partial charge in [-0.15, -0.1) is 0 Å². The largest absolute Gasteiger partial charge is 0.310 e. The van der Waals surface area contributed by atoms with Crippen molar-refractivity contribution in [1.82, 2.24) is 0 Å². The summed E-state index contributed by atoms with van der Waals surface area (Å²) in [7, 11) is 0. The highest BCUT2D eigenvalue weighted by molar-refractivity contribution is 6.14. The van der Waals surface area contributed by atoms with Crippen LogP contribution in [0, 0.1) is 13.8 Å². The number of rotatable bonds is 3. The summed E-state index contributed by atoms with van der Waals surface area (Å²) in [5, 5.41) is 5.12. The molecule has 1 nitrogen and oxygen atoms in total. The summed E-state index contributed by atoms with van der Waals surface area (Å²) >= 11 is 0. The van der Waals surface area contributed by atoms with E-state index in [0.717, 1.165) is 11.4 Å². The highest BCUT2D eigenvalue weighted by Crippen LogP contribution is 2.66. The standard InChI is InChI=1S/C47H33N/c1-30-24-26-34(28-31(30)2)48(33-15-4-3-5-16-33)44-29-43-45(39-21-9-8-20-38(39)44)40-27-25-32-14-6-7-17-35(32)46(40)47(43)41-22-12-10-18-36(41)37-19-11-13-23-42(37)47/h3-29H,1-2H3. The van der Waals surface area contributed by atoms with Crippen molar-refractivity contribution >= 4 is 38.6 Å². The number of para-hydroxylation sites is 1. The maximum absolute atomic E-state index is 2.54. The number of benzene rings is 8. The molecular weight excluding hydrogens is 579 g/mol. The van der Waals surface area contributed by atoms with Gasteiger partial charge in [0.25, 0.3) is 0 Å². The van der Waals surface area contributed by atoms with E-state index in [9.17, 15) is 0 Å². The van der Waals surface area contributed by atoms with Crippen molar-refractivity contribution in [3.63, 3.8) is 0 Å². The molecule has 0 bridgehead atoms. The minimum atomic E-state index is -0.469. The Morgan fingerprint density at radius 2 is 1.04 bits per heavy atom. The van der Waals surface area contributed by atoms with E-state index in [2.05, 4.69) is 183 Å². The summed E-state index contributed by atoms with van der Waals surface area (Å²) in [5.74, 6) is 0. The van der Waals surface area contributed by atoms with E-state index in [0.29, 0.717) is 0 Å². The molecule has 0 radical (unpaired) electrons. The van der Waals surface area contributed by atoms with Crippen LogP contribution in [0.5, 0.6) is 0 Å². The average molecular weight is 612 g/mol. The molecule has 0 aromatic heterocycles. The van der Waals surface area contributed by atoms with E-state index in [1.165, 1.54) is 82.9 Å². The normalized spacial score (nSPS) is 13.4. The van der Waals surface area contributed by atoms with Crippen LogP contribution < -0.4 is 4.90 Å². The maximum Gasteiger partial charge on any atom is 0.0732 e. The van der Waals surface area contributed by atoms with Crippen molar-refractivity contribution in [3.05, 3.63) is 197 Å². The van der Waals surface area contributed by atoms with Gasteiger partial charge in [-0.05, 0) is 116 Å². The predicted octanol–water partition coefficient (Wildman–Crippen LogP) is 12.4. The molecular formula is C47H33N. The molecule has 2 aliphatic carbocycles. The smallest absolute Gasteiger partial charge is 0.0732 e. The van der Waals surface area contributed by atoms with Gasteiger partial charge in [0.1, 0.15) is 0 Å². The number of hydrogen-bond acceptors (Lipinski definition) is 1. The van der Waals surface area contributed by atoms with E-state index >= 15 is 0 Å². The SMILES string of the molecule is Cc1ccc(N(c2ccccc2)c2cc3c(c4ccccc24)-c2ccc4ccccc4c2C32c3ccccc3-c3ccccc32)cc1C. The lowest BCUT2D eigenvalue weighted by Gasteiger charge is -2.33. The summed E-state index contributed by atoms with van der Waals surface area (Å²) in [6.07, 6.45) is 0. The molecule has 0 N–H and O–H groups in total. The van der Waals surface area contributed by atoms with E-state index in [1.54, 1.807) is 0 Å². The minimum absolute atomic E-state index is 0.469. The maximum atomic E-state index is 2.54. The summed E-state index contributed by atoms with van der Waals surface area (Å²) in [6.45, 7) is 4.41. The highest BCUT2D eigenvalue weighted by Gasteiger charge is 2.53. The zero-order chi connectivity index (χ0) is 32.0. The summed E-state index contributed by atoms with van der Waals surface area (Å²) in [5.41, 5.74) is 16.4. The van der Waals surface area contributed by atoms with E-state index in [4.69, 9.17) is 0 Å². The van der Waals surface area contributed by atoms with Gasteiger partial charge in [-0.1, -0.05) is 133 Å². The monoisotopic (exact) mass is 611 g/mol. The summed E-state index contributed by atoms with van der Waals surface area (Å²) in [4.78, 5) is 2.47. The molecule has 1 spiro atoms. The van der Waals surface area contributed by atoms with Crippen molar-refractivity contribution in [1.29, 1.82) is 0 Å². The quantitative estimate of drug-likeness (QED) is 0.192. The average Bonchev–Trinajstić information content (AvgIpc) is 3.61. The van der Waals surface area contributed by atoms with Crippen molar-refractivity contribution in [2.75, 3.05) is 4.90 Å². The second-order valence-corrected chi connectivity index (χ2v) is 13.4. The fraction of sp³-hybridized carbons (Fsp3) is 0.0638. The zero-order valence-electron chi connectivity index (χ0n) is 27.0. The van der Waals surface area contributed by atoms with Crippen LogP contribution >= 0.6 is 0 Å². The summed E-state index contributed by atoms with van der Waals surface area (Å²) < 4.78 is 0.